The molecule has 2 N–H and O–H groups in total. The van der Waals surface area contributed by atoms with Crippen molar-refractivity contribution in [1.29, 1.82) is 0 Å². The molecule has 5 heteroatoms. The number of carbonyl (C=O) groups is 2. The summed E-state index contributed by atoms with van der Waals surface area (Å²) < 4.78 is 0. The highest BCUT2D eigenvalue weighted by Crippen LogP contribution is 2.30. The van der Waals surface area contributed by atoms with E-state index >= 15 is 0 Å². The molecule has 1 atom stereocenters. The average molecular weight is 296 g/mol. The number of nitrogens with zero attached hydrogens (tertiary/aromatic N) is 1. The maximum atomic E-state index is 12.4. The van der Waals surface area contributed by atoms with E-state index in [9.17, 15) is 14.7 Å². The summed E-state index contributed by atoms with van der Waals surface area (Å²) >= 11 is 0. The van der Waals surface area contributed by atoms with Crippen LogP contribution in [0.5, 0.6) is 0 Å². The molecule has 1 aliphatic carbocycles. The second-order valence-electron chi connectivity index (χ2n) is 6.52. The Kier molecular flexibility index (Phi) is 5.25. The van der Waals surface area contributed by atoms with E-state index in [0.29, 0.717) is 31.8 Å². The standard InChI is InChI=1S/C16H28N2O3/c1-3-16(4-2,11-19)17-15(21)12-9-14(20)18(10-12)13-7-5-6-8-13/h12-13,19H,3-11H2,1-2H3,(H,17,21). The van der Waals surface area contributed by atoms with Crippen LogP contribution < -0.4 is 5.32 Å². The molecule has 0 aromatic rings. The van der Waals surface area contributed by atoms with Crippen molar-refractivity contribution in [2.45, 2.75) is 70.4 Å². The number of amides is 2. The predicted octanol–water partition coefficient (Wildman–Crippen LogP) is 1.44. The second-order valence-corrected chi connectivity index (χ2v) is 6.52. The number of nitrogens with one attached hydrogen (secondary N) is 1. The van der Waals surface area contributed by atoms with Gasteiger partial charge in [-0.05, 0) is 25.7 Å². The van der Waals surface area contributed by atoms with Crippen LogP contribution in [0, 0.1) is 5.92 Å². The zero-order valence-electron chi connectivity index (χ0n) is 13.2. The third-order valence-corrected chi connectivity index (χ3v) is 5.34. The molecule has 1 saturated carbocycles. The number of aliphatic hydroxyl groups excluding tert-OH is 1. The Bertz CT molecular complexity index is 379. The lowest BCUT2D eigenvalue weighted by atomic mass is 9.92. The summed E-state index contributed by atoms with van der Waals surface area (Å²) in [5, 5.41) is 12.5. The van der Waals surface area contributed by atoms with Crippen molar-refractivity contribution < 1.29 is 14.7 Å². The summed E-state index contributed by atoms with van der Waals surface area (Å²) in [7, 11) is 0. The van der Waals surface area contributed by atoms with Crippen LogP contribution in [0.2, 0.25) is 0 Å². The molecule has 1 heterocycles. The Morgan fingerprint density at radius 1 is 1.33 bits per heavy atom. The van der Waals surface area contributed by atoms with Crippen molar-refractivity contribution in [3.63, 3.8) is 0 Å². The number of carbonyl (C=O) groups excluding carboxylic acids is 2. The maximum absolute atomic E-state index is 12.4. The van der Waals surface area contributed by atoms with Crippen molar-refractivity contribution in [2.75, 3.05) is 13.2 Å². The molecule has 120 valence electrons. The Labute approximate surface area is 127 Å². The summed E-state index contributed by atoms with van der Waals surface area (Å²) in [4.78, 5) is 26.5. The number of likely N-dealkylation sites (tertiary alicyclic amines) is 1. The molecule has 0 radical (unpaired) electrons. The Balaban J connectivity index is 1.96. The van der Waals surface area contributed by atoms with Gasteiger partial charge in [0.2, 0.25) is 11.8 Å². The quantitative estimate of drug-likeness (QED) is 0.779. The highest BCUT2D eigenvalue weighted by atomic mass is 16.3. The minimum absolute atomic E-state index is 0.0568. The van der Waals surface area contributed by atoms with Crippen molar-refractivity contribution in [3.05, 3.63) is 0 Å². The van der Waals surface area contributed by atoms with E-state index < -0.39 is 5.54 Å². The molecule has 1 aliphatic heterocycles. The van der Waals surface area contributed by atoms with Gasteiger partial charge in [0.15, 0.2) is 0 Å². The van der Waals surface area contributed by atoms with Crippen molar-refractivity contribution in [2.24, 2.45) is 5.92 Å². The molecule has 1 unspecified atom stereocenters. The smallest absolute Gasteiger partial charge is 0.225 e. The van der Waals surface area contributed by atoms with Crippen molar-refractivity contribution in [3.8, 4) is 0 Å². The van der Waals surface area contributed by atoms with Crippen LogP contribution in [0.4, 0.5) is 0 Å². The average Bonchev–Trinajstić information content (AvgIpc) is 3.13. The fraction of sp³-hybridized carbons (Fsp3) is 0.875. The van der Waals surface area contributed by atoms with Gasteiger partial charge in [0.25, 0.3) is 0 Å². The first-order chi connectivity index (χ1) is 10.0. The Morgan fingerprint density at radius 3 is 2.48 bits per heavy atom. The Hall–Kier alpha value is -1.10. The monoisotopic (exact) mass is 296 g/mol. The molecular formula is C16H28N2O3. The van der Waals surface area contributed by atoms with Crippen molar-refractivity contribution in [1.82, 2.24) is 10.2 Å². The van der Waals surface area contributed by atoms with Gasteiger partial charge in [0.1, 0.15) is 0 Å². The third kappa shape index (κ3) is 3.39. The van der Waals surface area contributed by atoms with Gasteiger partial charge >= 0.3 is 0 Å². The highest BCUT2D eigenvalue weighted by molar-refractivity contribution is 5.89. The summed E-state index contributed by atoms with van der Waals surface area (Å²) in [5.41, 5.74) is -0.541. The number of rotatable bonds is 6. The summed E-state index contributed by atoms with van der Waals surface area (Å²) in [5.74, 6) is -0.228. The van der Waals surface area contributed by atoms with E-state index in [4.69, 9.17) is 0 Å². The van der Waals surface area contributed by atoms with Crippen LogP contribution in [0.1, 0.15) is 58.8 Å². The summed E-state index contributed by atoms with van der Waals surface area (Å²) in [6, 6.07) is 0.343. The topological polar surface area (TPSA) is 69.6 Å². The van der Waals surface area contributed by atoms with Crippen LogP contribution in [0.15, 0.2) is 0 Å². The normalized spacial score (nSPS) is 23.9. The predicted molar refractivity (Wildman–Crippen MR) is 80.6 cm³/mol. The van der Waals surface area contributed by atoms with Gasteiger partial charge in [0.05, 0.1) is 18.1 Å². The van der Waals surface area contributed by atoms with Gasteiger partial charge in [-0.2, -0.15) is 0 Å². The van der Waals surface area contributed by atoms with Gasteiger partial charge in [-0.1, -0.05) is 26.7 Å². The minimum atomic E-state index is -0.541. The highest BCUT2D eigenvalue weighted by Gasteiger charge is 2.40. The molecule has 21 heavy (non-hydrogen) atoms. The third-order valence-electron chi connectivity index (χ3n) is 5.34. The number of hydrogen-bond acceptors (Lipinski definition) is 3. The largest absolute Gasteiger partial charge is 0.394 e. The van der Waals surface area contributed by atoms with Gasteiger partial charge in [-0.25, -0.2) is 0 Å². The molecular weight excluding hydrogens is 268 g/mol. The lowest BCUT2D eigenvalue weighted by Crippen LogP contribution is -2.52. The van der Waals surface area contributed by atoms with E-state index in [1.165, 1.54) is 12.8 Å². The molecule has 0 spiro atoms. The van der Waals surface area contributed by atoms with E-state index in [0.717, 1.165) is 12.8 Å². The van der Waals surface area contributed by atoms with Gasteiger partial charge in [0, 0.05) is 19.0 Å². The molecule has 5 nitrogen and oxygen atoms in total. The number of aliphatic hydroxyl groups is 1. The van der Waals surface area contributed by atoms with Crippen LogP contribution in [0.3, 0.4) is 0 Å². The lowest BCUT2D eigenvalue weighted by Gasteiger charge is -2.32. The maximum Gasteiger partial charge on any atom is 0.225 e. The van der Waals surface area contributed by atoms with Crippen molar-refractivity contribution >= 4 is 11.8 Å². The lowest BCUT2D eigenvalue weighted by molar-refractivity contribution is -0.130. The first-order valence-corrected chi connectivity index (χ1v) is 8.27. The van der Waals surface area contributed by atoms with Crippen LogP contribution >= 0.6 is 0 Å². The molecule has 2 rings (SSSR count). The van der Waals surface area contributed by atoms with Gasteiger partial charge in [-0.3, -0.25) is 9.59 Å². The van der Waals surface area contributed by atoms with Crippen LogP contribution in [-0.2, 0) is 9.59 Å². The fourth-order valence-corrected chi connectivity index (χ4v) is 3.53. The molecule has 2 amide bonds. The second kappa shape index (κ2) is 6.77. The van der Waals surface area contributed by atoms with Crippen LogP contribution in [0.25, 0.3) is 0 Å². The van der Waals surface area contributed by atoms with Crippen LogP contribution in [-0.4, -0.2) is 46.6 Å². The van der Waals surface area contributed by atoms with E-state index in [1.54, 1.807) is 0 Å². The molecule has 2 aliphatic rings. The Morgan fingerprint density at radius 2 is 1.95 bits per heavy atom. The first kappa shape index (κ1) is 16.3. The molecule has 1 saturated heterocycles. The SMILES string of the molecule is CCC(CC)(CO)NC(=O)C1CC(=O)N(C2CCCC2)C1. The fourth-order valence-electron chi connectivity index (χ4n) is 3.53. The summed E-state index contributed by atoms with van der Waals surface area (Å²) in [6.45, 7) is 4.41. The molecule has 2 fully saturated rings. The first-order valence-electron chi connectivity index (χ1n) is 8.27. The molecule has 0 aromatic heterocycles. The molecule has 0 aromatic carbocycles. The minimum Gasteiger partial charge on any atom is -0.394 e. The van der Waals surface area contributed by atoms with Gasteiger partial charge in [-0.15, -0.1) is 0 Å². The number of hydrogen-bond donors (Lipinski definition) is 2. The van der Waals surface area contributed by atoms with E-state index in [1.807, 2.05) is 18.7 Å². The van der Waals surface area contributed by atoms with Gasteiger partial charge < -0.3 is 15.3 Å². The van der Waals surface area contributed by atoms with E-state index in [-0.39, 0.29) is 24.3 Å². The zero-order valence-corrected chi connectivity index (χ0v) is 13.2. The van der Waals surface area contributed by atoms with E-state index in [2.05, 4.69) is 5.32 Å². The zero-order chi connectivity index (χ0) is 15.5. The summed E-state index contributed by atoms with van der Waals surface area (Å²) in [6.07, 6.45) is 6.22. The molecule has 0 bridgehead atoms.